The zero-order valence-corrected chi connectivity index (χ0v) is 11.5. The molecule has 1 aliphatic rings. The van der Waals surface area contributed by atoms with Crippen LogP contribution in [-0.2, 0) is 6.54 Å². The van der Waals surface area contributed by atoms with E-state index in [4.69, 9.17) is 0 Å². The summed E-state index contributed by atoms with van der Waals surface area (Å²) in [7, 11) is 0. The Morgan fingerprint density at radius 3 is 2.95 bits per heavy atom. The van der Waals surface area contributed by atoms with Crippen LogP contribution in [0.15, 0.2) is 30.7 Å². The molecule has 1 fully saturated rings. The van der Waals surface area contributed by atoms with E-state index in [-0.39, 0.29) is 0 Å². The topological polar surface area (TPSA) is 42.7 Å². The van der Waals surface area contributed by atoms with Gasteiger partial charge in [-0.2, -0.15) is 5.10 Å². The summed E-state index contributed by atoms with van der Waals surface area (Å²) in [4.78, 5) is 4.23. The molecule has 2 heterocycles. The van der Waals surface area contributed by atoms with Crippen LogP contribution in [0.25, 0.3) is 5.69 Å². The summed E-state index contributed by atoms with van der Waals surface area (Å²) >= 11 is 0. The third-order valence-corrected chi connectivity index (χ3v) is 3.44. The molecule has 100 valence electrons. The Labute approximate surface area is 113 Å². The molecule has 3 rings (SSSR count). The van der Waals surface area contributed by atoms with Crippen molar-refractivity contribution in [2.45, 2.75) is 45.2 Å². The molecule has 1 N–H and O–H groups in total. The van der Waals surface area contributed by atoms with Crippen molar-refractivity contribution < 1.29 is 0 Å². The fraction of sp³-hybridized carbons (Fsp3) is 0.467. The number of pyridine rings is 1. The quantitative estimate of drug-likeness (QED) is 0.894. The number of hydrogen-bond acceptors (Lipinski definition) is 3. The van der Waals surface area contributed by atoms with Crippen LogP contribution >= 0.6 is 0 Å². The molecule has 2 aromatic rings. The predicted molar refractivity (Wildman–Crippen MR) is 75.3 cm³/mol. The normalized spacial score (nSPS) is 15.1. The highest BCUT2D eigenvalue weighted by Gasteiger charge is 2.26. The molecule has 0 atom stereocenters. The first kappa shape index (κ1) is 12.4. The van der Waals surface area contributed by atoms with Crippen LogP contribution in [0.2, 0.25) is 0 Å². The van der Waals surface area contributed by atoms with Gasteiger partial charge in [-0.3, -0.25) is 4.98 Å². The van der Waals surface area contributed by atoms with Crippen LogP contribution in [-0.4, -0.2) is 20.8 Å². The molecule has 0 amide bonds. The summed E-state index contributed by atoms with van der Waals surface area (Å²) in [6, 6.07) is 4.66. The van der Waals surface area contributed by atoms with Gasteiger partial charge in [0.2, 0.25) is 0 Å². The molecule has 1 saturated carbocycles. The maximum absolute atomic E-state index is 4.68. The molecule has 4 nitrogen and oxygen atoms in total. The van der Waals surface area contributed by atoms with Crippen molar-refractivity contribution in [3.63, 3.8) is 0 Å². The molecule has 0 saturated heterocycles. The summed E-state index contributed by atoms with van der Waals surface area (Å²) in [6.07, 6.45) is 8.34. The largest absolute Gasteiger partial charge is 0.310 e. The van der Waals surface area contributed by atoms with Crippen LogP contribution < -0.4 is 5.32 Å². The molecule has 0 bridgehead atoms. The Morgan fingerprint density at radius 2 is 2.21 bits per heavy atom. The Kier molecular flexibility index (Phi) is 3.34. The van der Waals surface area contributed by atoms with E-state index in [9.17, 15) is 0 Å². The Hall–Kier alpha value is -1.68. The highest BCUT2D eigenvalue weighted by Crippen LogP contribution is 2.39. The maximum atomic E-state index is 4.68. The first-order valence-corrected chi connectivity index (χ1v) is 6.96. The average Bonchev–Trinajstić information content (AvgIpc) is 3.15. The van der Waals surface area contributed by atoms with Crippen LogP contribution in [0.4, 0.5) is 0 Å². The third-order valence-electron chi connectivity index (χ3n) is 3.44. The molecule has 0 unspecified atom stereocenters. The molecular formula is C15H20N4. The number of aromatic nitrogens is 3. The van der Waals surface area contributed by atoms with E-state index < -0.39 is 0 Å². The minimum atomic E-state index is 0.473. The van der Waals surface area contributed by atoms with Crippen molar-refractivity contribution in [1.82, 2.24) is 20.1 Å². The lowest BCUT2D eigenvalue weighted by molar-refractivity contribution is 0.586. The molecule has 0 aliphatic heterocycles. The predicted octanol–water partition coefficient (Wildman–Crippen LogP) is 2.64. The van der Waals surface area contributed by atoms with Crippen LogP contribution in [0.3, 0.4) is 0 Å². The zero-order valence-electron chi connectivity index (χ0n) is 11.5. The minimum Gasteiger partial charge on any atom is -0.310 e. The van der Waals surface area contributed by atoms with E-state index in [0.29, 0.717) is 12.0 Å². The second kappa shape index (κ2) is 5.13. The van der Waals surface area contributed by atoms with Crippen LogP contribution in [0, 0.1) is 0 Å². The van der Waals surface area contributed by atoms with E-state index in [2.05, 4.69) is 41.4 Å². The lowest BCUT2D eigenvalue weighted by Gasteiger charge is -2.12. The molecule has 0 aromatic carbocycles. The highest BCUT2D eigenvalue weighted by atomic mass is 15.3. The van der Waals surface area contributed by atoms with E-state index >= 15 is 0 Å². The lowest BCUT2D eigenvalue weighted by Crippen LogP contribution is -2.22. The van der Waals surface area contributed by atoms with Crippen LogP contribution in [0.1, 0.15) is 43.9 Å². The van der Waals surface area contributed by atoms with Crippen molar-refractivity contribution >= 4 is 0 Å². The zero-order chi connectivity index (χ0) is 13.2. The van der Waals surface area contributed by atoms with Crippen LogP contribution in [0.5, 0.6) is 0 Å². The average molecular weight is 256 g/mol. The standard InChI is InChI=1S/C15H20N4/c1-11(2)17-9-13-5-7-16-10-15(13)19-8-6-14(18-19)12-3-4-12/h5-8,10-12,17H,3-4,9H2,1-2H3. The molecule has 2 aromatic heterocycles. The summed E-state index contributed by atoms with van der Waals surface area (Å²) < 4.78 is 1.96. The fourth-order valence-electron chi connectivity index (χ4n) is 2.15. The number of nitrogens with one attached hydrogen (secondary N) is 1. The molecule has 19 heavy (non-hydrogen) atoms. The molecule has 1 aliphatic carbocycles. The van der Waals surface area contributed by atoms with E-state index in [1.165, 1.54) is 24.1 Å². The molecule has 4 heteroatoms. The van der Waals surface area contributed by atoms with Crippen molar-refractivity contribution in [3.8, 4) is 5.69 Å². The molecular weight excluding hydrogens is 236 g/mol. The Morgan fingerprint density at radius 1 is 1.37 bits per heavy atom. The van der Waals surface area contributed by atoms with E-state index in [1.807, 2.05) is 23.3 Å². The summed E-state index contributed by atoms with van der Waals surface area (Å²) in [5.74, 6) is 0.690. The highest BCUT2D eigenvalue weighted by molar-refractivity contribution is 5.38. The number of rotatable bonds is 5. The Bertz CT molecular complexity index is 555. The maximum Gasteiger partial charge on any atom is 0.0873 e. The second-order valence-electron chi connectivity index (χ2n) is 5.50. The number of hydrogen-bond donors (Lipinski definition) is 1. The van der Waals surface area contributed by atoms with Gasteiger partial charge in [0.15, 0.2) is 0 Å². The third kappa shape index (κ3) is 2.84. The first-order valence-electron chi connectivity index (χ1n) is 6.96. The SMILES string of the molecule is CC(C)NCc1ccncc1-n1ccc(C2CC2)n1. The summed E-state index contributed by atoms with van der Waals surface area (Å²) in [5.41, 5.74) is 3.52. The van der Waals surface area contributed by atoms with Crippen molar-refractivity contribution in [1.29, 1.82) is 0 Å². The number of nitrogens with zero attached hydrogens (tertiary/aromatic N) is 3. The van der Waals surface area contributed by atoms with Gasteiger partial charge in [-0.05, 0) is 30.5 Å². The van der Waals surface area contributed by atoms with Gasteiger partial charge in [0, 0.05) is 30.9 Å². The van der Waals surface area contributed by atoms with Gasteiger partial charge in [0.25, 0.3) is 0 Å². The molecule has 0 spiro atoms. The summed E-state index contributed by atoms with van der Waals surface area (Å²) in [5, 5.41) is 8.12. The Balaban J connectivity index is 1.85. The van der Waals surface area contributed by atoms with E-state index in [1.54, 1.807) is 0 Å². The van der Waals surface area contributed by atoms with Crippen molar-refractivity contribution in [2.75, 3.05) is 0 Å². The van der Waals surface area contributed by atoms with Gasteiger partial charge in [-0.1, -0.05) is 13.8 Å². The van der Waals surface area contributed by atoms with E-state index in [0.717, 1.165) is 12.2 Å². The van der Waals surface area contributed by atoms with Gasteiger partial charge in [0.05, 0.1) is 17.6 Å². The minimum absolute atomic E-state index is 0.473. The summed E-state index contributed by atoms with van der Waals surface area (Å²) in [6.45, 7) is 5.15. The first-order chi connectivity index (χ1) is 9.24. The monoisotopic (exact) mass is 256 g/mol. The van der Waals surface area contributed by atoms with Gasteiger partial charge < -0.3 is 5.32 Å². The smallest absolute Gasteiger partial charge is 0.0873 e. The molecule has 0 radical (unpaired) electrons. The van der Waals surface area contributed by atoms with Gasteiger partial charge in [-0.25, -0.2) is 4.68 Å². The second-order valence-corrected chi connectivity index (χ2v) is 5.50. The lowest BCUT2D eigenvalue weighted by atomic mass is 10.2. The van der Waals surface area contributed by atoms with Gasteiger partial charge in [0.1, 0.15) is 0 Å². The van der Waals surface area contributed by atoms with Gasteiger partial charge >= 0.3 is 0 Å². The van der Waals surface area contributed by atoms with Gasteiger partial charge in [-0.15, -0.1) is 0 Å². The fourth-order valence-corrected chi connectivity index (χ4v) is 2.15. The van der Waals surface area contributed by atoms with Crippen molar-refractivity contribution in [3.05, 3.63) is 42.0 Å². The van der Waals surface area contributed by atoms with Crippen molar-refractivity contribution in [2.24, 2.45) is 0 Å².